The number of nitrogens with two attached hydrogens (primary N) is 3. The second-order valence-corrected chi connectivity index (χ2v) is 9.03. The Bertz CT molecular complexity index is 781. The maximum atomic E-state index is 13.1. The van der Waals surface area contributed by atoms with E-state index >= 15 is 0 Å². The molecule has 14 heteroatoms. The van der Waals surface area contributed by atoms with Crippen molar-refractivity contribution >= 4 is 47.3 Å². The summed E-state index contributed by atoms with van der Waals surface area (Å²) in [7, 11) is 0. The summed E-state index contributed by atoms with van der Waals surface area (Å²) in [4.78, 5) is 73.6. The molecule has 1 aliphatic rings. The van der Waals surface area contributed by atoms with Crippen LogP contribution < -0.4 is 27.8 Å². The van der Waals surface area contributed by atoms with E-state index in [9.17, 15) is 33.9 Å². The number of thioether (sulfide) groups is 1. The Morgan fingerprint density at radius 3 is 2.06 bits per heavy atom. The minimum atomic E-state index is -1.25. The van der Waals surface area contributed by atoms with E-state index in [-0.39, 0.29) is 38.6 Å². The van der Waals surface area contributed by atoms with E-state index in [1.54, 1.807) is 0 Å². The molecule has 0 aromatic carbocycles. The van der Waals surface area contributed by atoms with Crippen molar-refractivity contribution in [2.45, 2.75) is 69.1 Å². The van der Waals surface area contributed by atoms with Gasteiger partial charge in [-0.1, -0.05) is 0 Å². The van der Waals surface area contributed by atoms with Crippen LogP contribution in [0.5, 0.6) is 0 Å². The first kappa shape index (κ1) is 29.2. The molecular weight excluding hydrogens is 468 g/mol. The number of carboxylic acids is 1. The third kappa shape index (κ3) is 9.55. The minimum absolute atomic E-state index is 0.139. The van der Waals surface area contributed by atoms with Crippen molar-refractivity contribution in [1.29, 1.82) is 0 Å². The second-order valence-electron chi connectivity index (χ2n) is 8.05. The predicted octanol–water partition coefficient (Wildman–Crippen LogP) is -2.36. The summed E-state index contributed by atoms with van der Waals surface area (Å²) in [5, 5.41) is 14.3. The highest BCUT2D eigenvalue weighted by Gasteiger charge is 2.38. The fraction of sp³-hybridized carbons (Fsp3) is 0.700. The van der Waals surface area contributed by atoms with Gasteiger partial charge >= 0.3 is 5.97 Å². The molecule has 5 amide bonds. The second kappa shape index (κ2) is 14.4. The molecule has 13 nitrogen and oxygen atoms in total. The molecule has 0 radical (unpaired) electrons. The molecule has 0 aromatic rings. The quantitative estimate of drug-likeness (QED) is 0.140. The third-order valence-corrected chi connectivity index (χ3v) is 6.04. The molecule has 1 saturated heterocycles. The molecular formula is C20H34N6O7S. The Balaban J connectivity index is 3.02. The summed E-state index contributed by atoms with van der Waals surface area (Å²) in [6.45, 7) is 0.185. The lowest BCUT2D eigenvalue weighted by Gasteiger charge is -2.28. The van der Waals surface area contributed by atoms with Crippen molar-refractivity contribution in [1.82, 2.24) is 15.5 Å². The van der Waals surface area contributed by atoms with Crippen LogP contribution in [0.25, 0.3) is 0 Å². The topological polar surface area (TPSA) is 228 Å². The molecule has 4 unspecified atom stereocenters. The van der Waals surface area contributed by atoms with Crippen LogP contribution in [0.15, 0.2) is 0 Å². The highest BCUT2D eigenvalue weighted by Crippen LogP contribution is 2.19. The zero-order valence-corrected chi connectivity index (χ0v) is 20.0. The average molecular weight is 503 g/mol. The minimum Gasteiger partial charge on any atom is -0.480 e. The van der Waals surface area contributed by atoms with Gasteiger partial charge in [-0.15, -0.1) is 0 Å². The van der Waals surface area contributed by atoms with Gasteiger partial charge in [0, 0.05) is 19.4 Å². The molecule has 4 atom stereocenters. The van der Waals surface area contributed by atoms with Crippen LogP contribution in [0, 0.1) is 0 Å². The summed E-state index contributed by atoms with van der Waals surface area (Å²) in [5.74, 6) is -4.02. The fourth-order valence-electron chi connectivity index (χ4n) is 3.51. The van der Waals surface area contributed by atoms with Gasteiger partial charge in [0.25, 0.3) is 0 Å². The molecule has 0 aliphatic carbocycles. The van der Waals surface area contributed by atoms with Crippen molar-refractivity contribution in [3.05, 3.63) is 0 Å². The van der Waals surface area contributed by atoms with E-state index < -0.39 is 59.7 Å². The summed E-state index contributed by atoms with van der Waals surface area (Å²) in [6.07, 6.45) is 2.21. The number of nitrogens with one attached hydrogen (secondary N) is 2. The molecule has 1 heterocycles. The van der Waals surface area contributed by atoms with Crippen molar-refractivity contribution in [2.24, 2.45) is 17.2 Å². The van der Waals surface area contributed by atoms with E-state index in [2.05, 4.69) is 10.6 Å². The monoisotopic (exact) mass is 502 g/mol. The lowest BCUT2D eigenvalue weighted by atomic mass is 10.1. The van der Waals surface area contributed by atoms with Gasteiger partial charge in [-0.3, -0.25) is 24.0 Å². The summed E-state index contributed by atoms with van der Waals surface area (Å²) >= 11 is 1.50. The number of amides is 5. The van der Waals surface area contributed by atoms with Crippen LogP contribution in [0.3, 0.4) is 0 Å². The molecule has 0 bridgehead atoms. The summed E-state index contributed by atoms with van der Waals surface area (Å²) in [6, 6.07) is -4.40. The molecule has 0 saturated carbocycles. The van der Waals surface area contributed by atoms with Crippen LogP contribution in [-0.2, 0) is 28.8 Å². The molecule has 1 aliphatic heterocycles. The average Bonchev–Trinajstić information content (AvgIpc) is 3.26. The third-order valence-electron chi connectivity index (χ3n) is 5.40. The van der Waals surface area contributed by atoms with Crippen molar-refractivity contribution in [3.63, 3.8) is 0 Å². The van der Waals surface area contributed by atoms with Crippen molar-refractivity contribution in [2.75, 3.05) is 18.6 Å². The van der Waals surface area contributed by atoms with Crippen LogP contribution in [0.2, 0.25) is 0 Å². The lowest BCUT2D eigenvalue weighted by molar-refractivity contribution is -0.149. The van der Waals surface area contributed by atoms with Crippen LogP contribution in [-0.4, -0.2) is 88.2 Å². The SMILES string of the molecule is CSCCC(N)C(=O)NC(CCC(N)=O)C(=O)NC(CCC(N)=O)C(=O)N1CCCC1C(=O)O. The first-order valence-electron chi connectivity index (χ1n) is 10.9. The first-order valence-corrected chi connectivity index (χ1v) is 12.3. The van der Waals surface area contributed by atoms with E-state index in [1.165, 1.54) is 11.8 Å². The van der Waals surface area contributed by atoms with Gasteiger partial charge in [0.15, 0.2) is 0 Å². The Morgan fingerprint density at radius 2 is 1.53 bits per heavy atom. The Morgan fingerprint density at radius 1 is 0.971 bits per heavy atom. The number of rotatable bonds is 15. The van der Waals surface area contributed by atoms with Gasteiger partial charge in [0.05, 0.1) is 6.04 Å². The van der Waals surface area contributed by atoms with Gasteiger partial charge in [-0.05, 0) is 44.1 Å². The molecule has 192 valence electrons. The molecule has 0 aromatic heterocycles. The Hall–Kier alpha value is -2.87. The highest BCUT2D eigenvalue weighted by molar-refractivity contribution is 7.98. The number of hydrogen-bond acceptors (Lipinski definition) is 8. The van der Waals surface area contributed by atoms with E-state index in [0.717, 1.165) is 4.90 Å². The molecule has 34 heavy (non-hydrogen) atoms. The smallest absolute Gasteiger partial charge is 0.326 e. The van der Waals surface area contributed by atoms with Gasteiger partial charge < -0.3 is 37.8 Å². The highest BCUT2D eigenvalue weighted by atomic mass is 32.2. The molecule has 9 N–H and O–H groups in total. The zero-order valence-electron chi connectivity index (χ0n) is 19.2. The van der Waals surface area contributed by atoms with E-state index in [4.69, 9.17) is 17.2 Å². The maximum absolute atomic E-state index is 13.1. The predicted molar refractivity (Wildman–Crippen MR) is 124 cm³/mol. The first-order chi connectivity index (χ1) is 16.0. The maximum Gasteiger partial charge on any atom is 0.326 e. The van der Waals surface area contributed by atoms with Crippen LogP contribution in [0.1, 0.15) is 44.9 Å². The van der Waals surface area contributed by atoms with E-state index in [1.807, 2.05) is 6.26 Å². The summed E-state index contributed by atoms with van der Waals surface area (Å²) in [5.41, 5.74) is 16.2. The van der Waals surface area contributed by atoms with Gasteiger partial charge in [-0.25, -0.2) is 4.79 Å². The largest absolute Gasteiger partial charge is 0.480 e. The fourth-order valence-corrected chi connectivity index (χ4v) is 4.00. The number of carbonyl (C=O) groups is 6. The number of likely N-dealkylation sites (tertiary alicyclic amines) is 1. The number of hydrogen-bond donors (Lipinski definition) is 6. The number of primary amides is 2. The van der Waals surface area contributed by atoms with Gasteiger partial charge in [0.2, 0.25) is 29.5 Å². The van der Waals surface area contributed by atoms with Crippen LogP contribution in [0.4, 0.5) is 0 Å². The lowest BCUT2D eigenvalue weighted by Crippen LogP contribution is -2.57. The molecule has 1 fully saturated rings. The van der Waals surface area contributed by atoms with Gasteiger partial charge in [0.1, 0.15) is 18.1 Å². The van der Waals surface area contributed by atoms with Gasteiger partial charge in [-0.2, -0.15) is 11.8 Å². The number of nitrogens with zero attached hydrogens (tertiary/aromatic N) is 1. The molecule has 0 spiro atoms. The number of carbonyl (C=O) groups excluding carboxylic acids is 5. The number of carboxylic acid groups (broad SMARTS) is 1. The Labute approximate surface area is 201 Å². The normalized spacial score (nSPS) is 17.9. The Kier molecular flexibility index (Phi) is 12.4. The van der Waals surface area contributed by atoms with Crippen molar-refractivity contribution in [3.8, 4) is 0 Å². The standard InChI is InChI=1S/C20H34N6O7S/c1-34-10-8-11(21)17(29)24-12(4-6-15(22)27)18(30)25-13(5-7-16(23)28)19(31)26-9-2-3-14(26)20(32)33/h11-14H,2-10,21H2,1H3,(H2,22,27)(H2,23,28)(H,24,29)(H,25,30)(H,32,33). The molecule has 1 rings (SSSR count). The zero-order chi connectivity index (χ0) is 25.8. The summed E-state index contributed by atoms with van der Waals surface area (Å²) < 4.78 is 0. The number of aliphatic carboxylic acids is 1. The van der Waals surface area contributed by atoms with Crippen LogP contribution >= 0.6 is 11.8 Å². The van der Waals surface area contributed by atoms with E-state index in [0.29, 0.717) is 18.6 Å². The van der Waals surface area contributed by atoms with Crippen molar-refractivity contribution < 1.29 is 33.9 Å².